The third-order valence-corrected chi connectivity index (χ3v) is 2.85. The van der Waals surface area contributed by atoms with Crippen LogP contribution in [0.25, 0.3) is 0 Å². The van der Waals surface area contributed by atoms with E-state index >= 15 is 0 Å². The molecular formula is C10H14N2O4S. The maximum Gasteiger partial charge on any atom is 0.326 e. The van der Waals surface area contributed by atoms with Gasteiger partial charge in [0.1, 0.15) is 17.9 Å². The molecule has 1 aromatic rings. The lowest BCUT2D eigenvalue weighted by atomic mass is 10.2. The summed E-state index contributed by atoms with van der Waals surface area (Å²) < 4.78 is 4.63. The molecule has 0 aromatic carbocycles. The van der Waals surface area contributed by atoms with E-state index in [4.69, 9.17) is 5.11 Å². The highest BCUT2D eigenvalue weighted by Gasteiger charge is 2.22. The number of aryl methyl sites for hydroxylation is 1. The second kappa shape index (κ2) is 6.29. The van der Waals surface area contributed by atoms with E-state index in [1.165, 1.54) is 18.0 Å². The predicted molar refractivity (Wildman–Crippen MR) is 63.1 cm³/mol. The second-order valence-corrected chi connectivity index (χ2v) is 4.44. The van der Waals surface area contributed by atoms with E-state index in [0.29, 0.717) is 17.9 Å². The fourth-order valence-electron chi connectivity index (χ4n) is 1.24. The van der Waals surface area contributed by atoms with Gasteiger partial charge in [-0.2, -0.15) is 11.8 Å². The molecule has 6 nitrogen and oxygen atoms in total. The molecule has 17 heavy (non-hydrogen) atoms. The van der Waals surface area contributed by atoms with Crippen LogP contribution in [0.5, 0.6) is 0 Å². The summed E-state index contributed by atoms with van der Waals surface area (Å²) in [4.78, 5) is 22.7. The Bertz CT molecular complexity index is 405. The van der Waals surface area contributed by atoms with Gasteiger partial charge in [-0.3, -0.25) is 4.79 Å². The van der Waals surface area contributed by atoms with Crippen LogP contribution in [-0.2, 0) is 4.79 Å². The van der Waals surface area contributed by atoms with E-state index in [0.717, 1.165) is 0 Å². The van der Waals surface area contributed by atoms with Crippen LogP contribution in [0.1, 0.15) is 22.5 Å². The van der Waals surface area contributed by atoms with Crippen LogP contribution in [0.15, 0.2) is 10.8 Å². The number of carboxylic acid groups (broad SMARTS) is 1. The van der Waals surface area contributed by atoms with E-state index < -0.39 is 17.9 Å². The molecule has 1 aromatic heterocycles. The maximum atomic E-state index is 11.7. The number of carboxylic acids is 1. The van der Waals surface area contributed by atoms with E-state index in [1.807, 2.05) is 6.26 Å². The Morgan fingerprint density at radius 2 is 2.35 bits per heavy atom. The average Bonchev–Trinajstić information content (AvgIpc) is 2.70. The number of hydrogen-bond acceptors (Lipinski definition) is 5. The third-order valence-electron chi connectivity index (χ3n) is 2.21. The number of aromatic nitrogens is 1. The number of nitrogens with zero attached hydrogens (tertiary/aromatic N) is 1. The maximum absolute atomic E-state index is 11.7. The van der Waals surface area contributed by atoms with Crippen LogP contribution in [-0.4, -0.2) is 40.2 Å². The molecular weight excluding hydrogens is 244 g/mol. The van der Waals surface area contributed by atoms with E-state index in [9.17, 15) is 9.59 Å². The van der Waals surface area contributed by atoms with E-state index in [2.05, 4.69) is 15.0 Å². The van der Waals surface area contributed by atoms with E-state index in [1.54, 1.807) is 6.92 Å². The number of hydrogen-bond donors (Lipinski definition) is 2. The van der Waals surface area contributed by atoms with Crippen molar-refractivity contribution >= 4 is 23.6 Å². The minimum atomic E-state index is -1.04. The normalized spacial score (nSPS) is 12.1. The summed E-state index contributed by atoms with van der Waals surface area (Å²) in [5.74, 6) is -0.849. The van der Waals surface area contributed by atoms with Gasteiger partial charge in [0.25, 0.3) is 5.91 Å². The van der Waals surface area contributed by atoms with Crippen LogP contribution < -0.4 is 5.32 Å². The lowest BCUT2D eigenvalue weighted by Gasteiger charge is -2.13. The van der Waals surface area contributed by atoms with Crippen molar-refractivity contribution < 1.29 is 19.2 Å². The van der Waals surface area contributed by atoms with Crippen molar-refractivity contribution in [2.45, 2.75) is 19.4 Å². The summed E-state index contributed by atoms with van der Waals surface area (Å²) in [6.07, 6.45) is 3.47. The number of aliphatic carboxylic acids is 1. The quantitative estimate of drug-likeness (QED) is 0.788. The van der Waals surface area contributed by atoms with Crippen LogP contribution in [0.3, 0.4) is 0 Å². The second-order valence-electron chi connectivity index (χ2n) is 3.46. The van der Waals surface area contributed by atoms with Gasteiger partial charge in [-0.05, 0) is 25.4 Å². The number of amides is 1. The molecule has 2 N–H and O–H groups in total. The zero-order chi connectivity index (χ0) is 12.8. The van der Waals surface area contributed by atoms with E-state index in [-0.39, 0.29) is 5.56 Å². The lowest BCUT2D eigenvalue weighted by molar-refractivity contribution is -0.139. The molecule has 7 heteroatoms. The predicted octanol–water partition coefficient (Wildman–Crippen LogP) is 0.919. The summed E-state index contributed by atoms with van der Waals surface area (Å²) in [7, 11) is 0. The molecule has 0 unspecified atom stereocenters. The summed E-state index contributed by atoms with van der Waals surface area (Å²) in [6.45, 7) is 1.62. The molecule has 0 radical (unpaired) electrons. The fourth-order valence-corrected chi connectivity index (χ4v) is 1.71. The SMILES string of the molecule is CSCC[C@H](NC(=O)c1conc1C)C(=O)O. The summed E-state index contributed by atoms with van der Waals surface area (Å²) in [5.41, 5.74) is 0.705. The molecule has 0 aliphatic rings. The topological polar surface area (TPSA) is 92.4 Å². The van der Waals surface area contributed by atoms with Gasteiger partial charge in [-0.15, -0.1) is 0 Å². The van der Waals surface area contributed by atoms with Crippen molar-refractivity contribution in [1.82, 2.24) is 10.5 Å². The molecule has 94 valence electrons. The lowest BCUT2D eigenvalue weighted by Crippen LogP contribution is -2.41. The molecule has 0 saturated carbocycles. The number of nitrogens with one attached hydrogen (secondary N) is 1. The Balaban J connectivity index is 2.64. The van der Waals surface area contributed by atoms with Gasteiger partial charge in [0.15, 0.2) is 0 Å². The van der Waals surface area contributed by atoms with Gasteiger partial charge in [0.2, 0.25) is 0 Å². The zero-order valence-electron chi connectivity index (χ0n) is 9.60. The molecule has 0 spiro atoms. The smallest absolute Gasteiger partial charge is 0.326 e. The molecule has 1 heterocycles. The summed E-state index contributed by atoms with van der Waals surface area (Å²) in [6, 6.07) is -0.885. The molecule has 0 saturated heterocycles. The number of carbonyl (C=O) groups is 2. The standard InChI is InChI=1S/C10H14N2O4S/c1-6-7(5-16-12-6)9(13)11-8(10(14)15)3-4-17-2/h5,8H,3-4H2,1-2H3,(H,11,13)(H,14,15)/t8-/m0/s1. The van der Waals surface area contributed by atoms with Crippen molar-refractivity contribution in [2.75, 3.05) is 12.0 Å². The molecule has 1 atom stereocenters. The molecule has 0 fully saturated rings. The van der Waals surface area contributed by atoms with Crippen LogP contribution in [0.2, 0.25) is 0 Å². The van der Waals surface area contributed by atoms with Crippen molar-refractivity contribution in [3.8, 4) is 0 Å². The Kier molecular flexibility index (Phi) is 5.02. The Labute approximate surface area is 103 Å². The zero-order valence-corrected chi connectivity index (χ0v) is 10.4. The highest BCUT2D eigenvalue weighted by Crippen LogP contribution is 2.07. The average molecular weight is 258 g/mol. The number of thioether (sulfide) groups is 1. The fraction of sp³-hybridized carbons (Fsp3) is 0.500. The van der Waals surface area contributed by atoms with Gasteiger partial charge in [0.05, 0.1) is 5.69 Å². The van der Waals surface area contributed by atoms with Gasteiger partial charge in [-0.1, -0.05) is 5.16 Å². The molecule has 0 aliphatic heterocycles. The van der Waals surface area contributed by atoms with Gasteiger partial charge >= 0.3 is 5.97 Å². The monoisotopic (exact) mass is 258 g/mol. The molecule has 0 bridgehead atoms. The van der Waals surface area contributed by atoms with Gasteiger partial charge < -0.3 is 14.9 Å². The van der Waals surface area contributed by atoms with Crippen molar-refractivity contribution in [1.29, 1.82) is 0 Å². The van der Waals surface area contributed by atoms with Crippen molar-refractivity contribution in [3.63, 3.8) is 0 Å². The molecule has 1 amide bonds. The number of carbonyl (C=O) groups excluding carboxylic acids is 1. The minimum absolute atomic E-state index is 0.264. The van der Waals surface area contributed by atoms with Gasteiger partial charge in [0, 0.05) is 0 Å². The Morgan fingerprint density at radius 1 is 1.65 bits per heavy atom. The largest absolute Gasteiger partial charge is 0.480 e. The number of rotatable bonds is 6. The summed E-state index contributed by atoms with van der Waals surface area (Å²) in [5, 5.41) is 15.0. The van der Waals surface area contributed by atoms with Crippen LogP contribution in [0.4, 0.5) is 0 Å². The third kappa shape index (κ3) is 3.77. The van der Waals surface area contributed by atoms with Crippen LogP contribution >= 0.6 is 11.8 Å². The minimum Gasteiger partial charge on any atom is -0.480 e. The van der Waals surface area contributed by atoms with Crippen molar-refractivity contribution in [3.05, 3.63) is 17.5 Å². The first-order valence-electron chi connectivity index (χ1n) is 4.99. The first-order chi connectivity index (χ1) is 8.06. The first-order valence-corrected chi connectivity index (χ1v) is 6.39. The Hall–Kier alpha value is -1.50. The molecule has 1 rings (SSSR count). The first kappa shape index (κ1) is 13.6. The van der Waals surface area contributed by atoms with Crippen LogP contribution in [0, 0.1) is 6.92 Å². The summed E-state index contributed by atoms with van der Waals surface area (Å²) >= 11 is 1.53. The Morgan fingerprint density at radius 3 is 2.82 bits per heavy atom. The highest BCUT2D eigenvalue weighted by molar-refractivity contribution is 7.98. The van der Waals surface area contributed by atoms with Gasteiger partial charge in [-0.25, -0.2) is 4.79 Å². The highest BCUT2D eigenvalue weighted by atomic mass is 32.2. The van der Waals surface area contributed by atoms with Crippen molar-refractivity contribution in [2.24, 2.45) is 0 Å². The molecule has 0 aliphatic carbocycles.